The normalized spacial score (nSPS) is 11.5. The molecule has 24 heavy (non-hydrogen) atoms. The quantitative estimate of drug-likeness (QED) is 0.800. The van der Waals surface area contributed by atoms with Gasteiger partial charge in [0.25, 0.3) is 5.91 Å². The number of amides is 1. The molecule has 2 aromatic carbocycles. The standard InChI is InChI=1S/C16H17ClN2O3S2/c1-19(2)24(21,22)13-7-8-15(17)14(10-13)16(20)18-11-5-4-6-12(9-11)23-3/h4-10H,1-3H3,(H,18,20). The molecule has 8 heteroatoms. The molecular formula is C16H17ClN2O3S2. The smallest absolute Gasteiger partial charge is 0.257 e. The van der Waals surface area contributed by atoms with E-state index in [1.807, 2.05) is 24.5 Å². The largest absolute Gasteiger partial charge is 0.322 e. The summed E-state index contributed by atoms with van der Waals surface area (Å²) in [6.07, 6.45) is 1.94. The van der Waals surface area contributed by atoms with Gasteiger partial charge in [-0.05, 0) is 42.7 Å². The van der Waals surface area contributed by atoms with Crippen LogP contribution in [0.2, 0.25) is 5.02 Å². The van der Waals surface area contributed by atoms with Crippen LogP contribution < -0.4 is 5.32 Å². The highest BCUT2D eigenvalue weighted by molar-refractivity contribution is 7.98. The first-order valence-corrected chi connectivity index (χ1v) is 9.97. The summed E-state index contributed by atoms with van der Waals surface area (Å²) in [4.78, 5) is 13.5. The van der Waals surface area contributed by atoms with E-state index in [1.54, 1.807) is 17.8 Å². The maximum absolute atomic E-state index is 12.5. The average molecular weight is 385 g/mol. The van der Waals surface area contributed by atoms with E-state index < -0.39 is 15.9 Å². The van der Waals surface area contributed by atoms with E-state index in [0.29, 0.717) is 5.69 Å². The number of thioether (sulfide) groups is 1. The molecule has 0 saturated carbocycles. The van der Waals surface area contributed by atoms with Gasteiger partial charge in [0, 0.05) is 24.7 Å². The third kappa shape index (κ3) is 4.10. The number of carbonyl (C=O) groups excluding carboxylic acids is 1. The summed E-state index contributed by atoms with van der Waals surface area (Å²) in [7, 11) is -0.785. The Morgan fingerprint density at radius 2 is 1.88 bits per heavy atom. The van der Waals surface area contributed by atoms with Gasteiger partial charge in [0.05, 0.1) is 15.5 Å². The van der Waals surface area contributed by atoms with Gasteiger partial charge in [-0.15, -0.1) is 11.8 Å². The molecule has 128 valence electrons. The summed E-state index contributed by atoms with van der Waals surface area (Å²) in [5, 5.41) is 2.92. The van der Waals surface area contributed by atoms with Crippen molar-refractivity contribution in [2.75, 3.05) is 25.7 Å². The molecule has 0 heterocycles. The van der Waals surface area contributed by atoms with Crippen LogP contribution >= 0.6 is 23.4 Å². The van der Waals surface area contributed by atoms with Crippen LogP contribution in [0, 0.1) is 0 Å². The molecule has 5 nitrogen and oxygen atoms in total. The van der Waals surface area contributed by atoms with Gasteiger partial charge >= 0.3 is 0 Å². The number of rotatable bonds is 5. The molecule has 0 unspecified atom stereocenters. The highest BCUT2D eigenvalue weighted by Crippen LogP contribution is 2.24. The van der Waals surface area contributed by atoms with Crippen molar-refractivity contribution in [3.05, 3.63) is 53.1 Å². The number of carbonyl (C=O) groups is 1. The zero-order valence-corrected chi connectivity index (χ0v) is 15.8. The first-order valence-electron chi connectivity index (χ1n) is 6.93. The minimum absolute atomic E-state index is 0.0138. The van der Waals surface area contributed by atoms with Gasteiger partial charge in [0.15, 0.2) is 0 Å². The molecule has 0 saturated heterocycles. The summed E-state index contributed by atoms with van der Waals surface area (Å²) in [6, 6.07) is 11.4. The summed E-state index contributed by atoms with van der Waals surface area (Å²) in [5.41, 5.74) is 0.720. The first-order chi connectivity index (χ1) is 11.3. The molecule has 0 aliphatic heterocycles. The highest BCUT2D eigenvalue weighted by Gasteiger charge is 2.20. The van der Waals surface area contributed by atoms with Crippen LogP contribution in [0.3, 0.4) is 0 Å². The van der Waals surface area contributed by atoms with Crippen LogP contribution in [0.15, 0.2) is 52.3 Å². The van der Waals surface area contributed by atoms with Gasteiger partial charge in [-0.25, -0.2) is 12.7 Å². The minimum atomic E-state index is -3.64. The van der Waals surface area contributed by atoms with Crippen molar-refractivity contribution in [1.82, 2.24) is 4.31 Å². The van der Waals surface area contributed by atoms with E-state index in [2.05, 4.69) is 5.32 Å². The van der Waals surface area contributed by atoms with Gasteiger partial charge < -0.3 is 5.32 Å². The summed E-state index contributed by atoms with van der Waals surface area (Å²) in [5.74, 6) is -0.464. The highest BCUT2D eigenvalue weighted by atomic mass is 35.5. The Kier molecular flexibility index (Phi) is 5.92. The SMILES string of the molecule is CSc1cccc(NC(=O)c2cc(S(=O)(=O)N(C)C)ccc2Cl)c1. The van der Waals surface area contributed by atoms with Crippen molar-refractivity contribution in [2.24, 2.45) is 0 Å². The Morgan fingerprint density at radius 1 is 1.17 bits per heavy atom. The molecule has 0 spiro atoms. The molecule has 0 aromatic heterocycles. The number of halogens is 1. The van der Waals surface area contributed by atoms with Gasteiger partial charge in [-0.2, -0.15) is 0 Å². The van der Waals surface area contributed by atoms with E-state index in [4.69, 9.17) is 11.6 Å². The lowest BCUT2D eigenvalue weighted by Gasteiger charge is -2.13. The number of anilines is 1. The molecular weight excluding hydrogens is 368 g/mol. The Balaban J connectivity index is 2.35. The number of nitrogens with one attached hydrogen (secondary N) is 1. The van der Waals surface area contributed by atoms with E-state index in [9.17, 15) is 13.2 Å². The summed E-state index contributed by atoms with van der Waals surface area (Å²) >= 11 is 7.63. The fourth-order valence-corrected chi connectivity index (χ4v) is 3.54. The summed E-state index contributed by atoms with van der Waals surface area (Å²) < 4.78 is 25.5. The number of sulfonamides is 1. The van der Waals surface area contributed by atoms with E-state index in [-0.39, 0.29) is 15.5 Å². The van der Waals surface area contributed by atoms with Crippen LogP contribution in [0.4, 0.5) is 5.69 Å². The average Bonchev–Trinajstić information content (AvgIpc) is 2.54. The number of hydrogen-bond acceptors (Lipinski definition) is 4. The fourth-order valence-electron chi connectivity index (χ4n) is 1.95. The van der Waals surface area contributed by atoms with E-state index >= 15 is 0 Å². The Labute approximate surface area is 151 Å². The Bertz CT molecular complexity index is 867. The summed E-state index contributed by atoms with van der Waals surface area (Å²) in [6.45, 7) is 0. The van der Waals surface area contributed by atoms with Gasteiger partial charge in [0.1, 0.15) is 0 Å². The second-order valence-electron chi connectivity index (χ2n) is 5.12. The number of nitrogens with zero attached hydrogens (tertiary/aromatic N) is 1. The monoisotopic (exact) mass is 384 g/mol. The zero-order valence-electron chi connectivity index (χ0n) is 13.4. The number of hydrogen-bond donors (Lipinski definition) is 1. The lowest BCUT2D eigenvalue weighted by atomic mass is 10.2. The van der Waals surface area contributed by atoms with Crippen LogP contribution in [0.1, 0.15) is 10.4 Å². The second-order valence-corrected chi connectivity index (χ2v) is 8.55. The van der Waals surface area contributed by atoms with Gasteiger partial charge in [-0.3, -0.25) is 4.79 Å². The fraction of sp³-hybridized carbons (Fsp3) is 0.188. The molecule has 0 aliphatic rings. The van der Waals surface area contributed by atoms with E-state index in [1.165, 1.54) is 32.3 Å². The Morgan fingerprint density at radius 3 is 2.50 bits per heavy atom. The third-order valence-electron chi connectivity index (χ3n) is 3.29. The third-order valence-corrected chi connectivity index (χ3v) is 6.15. The maximum Gasteiger partial charge on any atom is 0.257 e. The molecule has 1 N–H and O–H groups in total. The lowest BCUT2D eigenvalue weighted by Crippen LogP contribution is -2.23. The molecule has 1 amide bonds. The van der Waals surface area contributed by atoms with Crippen molar-refractivity contribution in [1.29, 1.82) is 0 Å². The Hall–Kier alpha value is -1.54. The predicted molar refractivity (Wildman–Crippen MR) is 98.5 cm³/mol. The molecule has 2 rings (SSSR count). The van der Waals surface area contributed by atoms with Crippen molar-refractivity contribution in [2.45, 2.75) is 9.79 Å². The molecule has 0 atom stereocenters. The van der Waals surface area contributed by atoms with Crippen molar-refractivity contribution in [3.63, 3.8) is 0 Å². The number of benzene rings is 2. The van der Waals surface area contributed by atoms with Crippen LogP contribution in [0.5, 0.6) is 0 Å². The molecule has 0 aliphatic carbocycles. The second kappa shape index (κ2) is 7.57. The lowest BCUT2D eigenvalue weighted by molar-refractivity contribution is 0.102. The van der Waals surface area contributed by atoms with Gasteiger partial charge in [0.2, 0.25) is 10.0 Å². The van der Waals surface area contributed by atoms with Crippen molar-refractivity contribution in [3.8, 4) is 0 Å². The van der Waals surface area contributed by atoms with Gasteiger partial charge in [-0.1, -0.05) is 17.7 Å². The van der Waals surface area contributed by atoms with Crippen molar-refractivity contribution >= 4 is 45.0 Å². The first kappa shape index (κ1) is 18.8. The molecule has 2 aromatic rings. The minimum Gasteiger partial charge on any atom is -0.322 e. The van der Waals surface area contributed by atoms with Crippen molar-refractivity contribution < 1.29 is 13.2 Å². The molecule has 0 radical (unpaired) electrons. The topological polar surface area (TPSA) is 66.5 Å². The molecule has 0 bridgehead atoms. The van der Waals surface area contributed by atoms with Crippen LogP contribution in [-0.2, 0) is 10.0 Å². The van der Waals surface area contributed by atoms with E-state index in [0.717, 1.165) is 9.20 Å². The predicted octanol–water partition coefficient (Wildman–Crippen LogP) is 3.56. The molecule has 0 fully saturated rings. The zero-order chi connectivity index (χ0) is 17.9. The van der Waals surface area contributed by atoms with Crippen LogP contribution in [0.25, 0.3) is 0 Å². The van der Waals surface area contributed by atoms with Crippen LogP contribution in [-0.4, -0.2) is 39.0 Å². The maximum atomic E-state index is 12.5.